The summed E-state index contributed by atoms with van der Waals surface area (Å²) in [6, 6.07) is 9.31. The van der Waals surface area contributed by atoms with Gasteiger partial charge in [-0.1, -0.05) is 0 Å². The molecule has 0 fully saturated rings. The summed E-state index contributed by atoms with van der Waals surface area (Å²) in [4.78, 5) is 14.2. The van der Waals surface area contributed by atoms with Crippen LogP contribution in [0.2, 0.25) is 0 Å². The number of nitrogens with zero attached hydrogens (tertiary/aromatic N) is 1. The van der Waals surface area contributed by atoms with Gasteiger partial charge in [0.05, 0.1) is 17.7 Å². The van der Waals surface area contributed by atoms with Crippen LogP contribution in [0.15, 0.2) is 36.5 Å². The zero-order chi connectivity index (χ0) is 16.7. The number of hydrogen-bond donors (Lipinski definition) is 3. The van der Waals surface area contributed by atoms with Crippen molar-refractivity contribution in [1.29, 1.82) is 0 Å². The first-order chi connectivity index (χ1) is 11.7. The minimum atomic E-state index is -0.0649. The van der Waals surface area contributed by atoms with Crippen LogP contribution in [-0.4, -0.2) is 28.3 Å². The first-order valence-electron chi connectivity index (χ1n) is 7.46. The summed E-state index contributed by atoms with van der Waals surface area (Å²) < 4.78 is 5.21. The first kappa shape index (κ1) is 14.8. The number of rotatable bonds is 3. The van der Waals surface area contributed by atoms with E-state index in [2.05, 4.69) is 15.5 Å². The topological polar surface area (TPSA) is 87.2 Å². The molecule has 0 spiro atoms. The number of carbonyl (C=O) groups excluding carboxylic acids is 1. The van der Waals surface area contributed by atoms with Gasteiger partial charge in [-0.15, -0.1) is 11.3 Å². The Hall–Kier alpha value is -2.80. The molecule has 1 aliphatic heterocycles. The molecule has 3 N–H and O–H groups in total. The number of thiophene rings is 1. The van der Waals surface area contributed by atoms with Crippen molar-refractivity contribution in [2.45, 2.75) is 12.3 Å². The SMILES string of the molecule is COc1cc2c(cc1O)NC(=O)C[C@H]2c1ccc(-c2ccn[nH]2)s1. The lowest BCUT2D eigenvalue weighted by atomic mass is 9.89. The summed E-state index contributed by atoms with van der Waals surface area (Å²) in [5.41, 5.74) is 2.53. The number of amides is 1. The number of carbonyl (C=O) groups is 1. The third-order valence-corrected chi connectivity index (χ3v) is 5.36. The van der Waals surface area contributed by atoms with Gasteiger partial charge in [0, 0.05) is 35.2 Å². The van der Waals surface area contributed by atoms with Crippen LogP contribution in [0, 0.1) is 0 Å². The standard InChI is InChI=1S/C17H15N3O3S/c1-23-14-6-9-10(7-17(22)19-12(9)8-13(14)21)15-2-3-16(24-15)11-4-5-18-20-11/h2-6,8,10,21H,7H2,1H3,(H,18,20)(H,19,22)/t10-/m1/s1. The molecule has 1 aliphatic rings. The van der Waals surface area contributed by atoms with Crippen LogP contribution in [0.3, 0.4) is 0 Å². The van der Waals surface area contributed by atoms with Gasteiger partial charge in [0.15, 0.2) is 11.5 Å². The van der Waals surface area contributed by atoms with Gasteiger partial charge in [-0.2, -0.15) is 5.10 Å². The van der Waals surface area contributed by atoms with Crippen LogP contribution in [-0.2, 0) is 4.79 Å². The molecule has 2 aromatic heterocycles. The van der Waals surface area contributed by atoms with Crippen LogP contribution in [0.25, 0.3) is 10.6 Å². The van der Waals surface area contributed by atoms with Crippen molar-refractivity contribution in [1.82, 2.24) is 10.2 Å². The number of phenolic OH excluding ortho intramolecular Hbond substituents is 1. The van der Waals surface area contributed by atoms with Crippen molar-refractivity contribution in [3.63, 3.8) is 0 Å². The minimum Gasteiger partial charge on any atom is -0.504 e. The van der Waals surface area contributed by atoms with E-state index in [0.29, 0.717) is 17.9 Å². The molecule has 3 aromatic rings. The van der Waals surface area contributed by atoms with E-state index in [1.807, 2.05) is 18.2 Å². The Balaban J connectivity index is 1.78. The molecule has 1 aromatic carbocycles. The Bertz CT molecular complexity index is 902. The summed E-state index contributed by atoms with van der Waals surface area (Å²) in [7, 11) is 1.51. The zero-order valence-corrected chi connectivity index (χ0v) is 13.7. The van der Waals surface area contributed by atoms with Crippen molar-refractivity contribution in [2.24, 2.45) is 0 Å². The number of anilines is 1. The smallest absolute Gasteiger partial charge is 0.225 e. The highest BCUT2D eigenvalue weighted by Gasteiger charge is 2.29. The maximum atomic E-state index is 12.1. The number of hydrogen-bond acceptors (Lipinski definition) is 5. The van der Waals surface area contributed by atoms with Gasteiger partial charge in [-0.25, -0.2) is 0 Å². The molecule has 122 valence electrons. The third-order valence-electron chi connectivity index (χ3n) is 4.13. The van der Waals surface area contributed by atoms with Crippen LogP contribution in [0.4, 0.5) is 5.69 Å². The average molecular weight is 341 g/mol. The predicted molar refractivity (Wildman–Crippen MR) is 91.6 cm³/mol. The Morgan fingerprint density at radius 3 is 2.96 bits per heavy atom. The summed E-state index contributed by atoms with van der Waals surface area (Å²) in [6.45, 7) is 0. The number of benzene rings is 1. The van der Waals surface area contributed by atoms with E-state index >= 15 is 0 Å². The average Bonchev–Trinajstić information content (AvgIpc) is 3.24. The quantitative estimate of drug-likeness (QED) is 0.682. The highest BCUT2D eigenvalue weighted by molar-refractivity contribution is 7.15. The van der Waals surface area contributed by atoms with Crippen molar-refractivity contribution >= 4 is 22.9 Å². The van der Waals surface area contributed by atoms with Crippen molar-refractivity contribution < 1.29 is 14.6 Å². The number of fused-ring (bicyclic) bond motifs is 1. The molecule has 0 saturated heterocycles. The normalized spacial score (nSPS) is 16.5. The summed E-state index contributed by atoms with van der Waals surface area (Å²) >= 11 is 1.63. The van der Waals surface area contributed by atoms with Crippen LogP contribution < -0.4 is 10.1 Å². The number of aromatic amines is 1. The van der Waals surface area contributed by atoms with Crippen LogP contribution >= 0.6 is 11.3 Å². The van der Waals surface area contributed by atoms with Crippen LogP contribution in [0.1, 0.15) is 22.8 Å². The zero-order valence-electron chi connectivity index (χ0n) is 12.9. The molecule has 0 saturated carbocycles. The van der Waals surface area contributed by atoms with Gasteiger partial charge in [-0.05, 0) is 29.8 Å². The van der Waals surface area contributed by atoms with Gasteiger partial charge in [-0.3, -0.25) is 9.89 Å². The summed E-state index contributed by atoms with van der Waals surface area (Å²) in [5, 5.41) is 19.7. The Labute approximate surface area is 142 Å². The van der Waals surface area contributed by atoms with Crippen molar-refractivity contribution in [2.75, 3.05) is 12.4 Å². The van der Waals surface area contributed by atoms with Crippen LogP contribution in [0.5, 0.6) is 11.5 Å². The van der Waals surface area contributed by atoms with Gasteiger partial charge in [0.25, 0.3) is 0 Å². The fourth-order valence-electron chi connectivity index (χ4n) is 2.97. The van der Waals surface area contributed by atoms with E-state index < -0.39 is 0 Å². The molecule has 0 radical (unpaired) electrons. The second-order valence-electron chi connectivity index (χ2n) is 5.59. The number of methoxy groups -OCH3 is 1. The molecule has 1 amide bonds. The predicted octanol–water partition coefficient (Wildman–Crippen LogP) is 3.33. The molecule has 0 unspecified atom stereocenters. The van der Waals surface area contributed by atoms with Crippen molar-refractivity contribution in [3.05, 3.63) is 47.0 Å². The summed E-state index contributed by atoms with van der Waals surface area (Å²) in [5.74, 6) is 0.292. The Morgan fingerprint density at radius 1 is 1.33 bits per heavy atom. The van der Waals surface area contributed by atoms with E-state index in [-0.39, 0.29) is 17.6 Å². The second kappa shape index (κ2) is 5.68. The second-order valence-corrected chi connectivity index (χ2v) is 6.70. The molecule has 3 heterocycles. The maximum absolute atomic E-state index is 12.1. The molecular formula is C17H15N3O3S. The number of phenols is 1. The summed E-state index contributed by atoms with van der Waals surface area (Å²) in [6.07, 6.45) is 2.08. The number of aromatic nitrogens is 2. The first-order valence-corrected chi connectivity index (χ1v) is 8.27. The monoisotopic (exact) mass is 341 g/mol. The fraction of sp³-hybridized carbons (Fsp3) is 0.176. The lowest BCUT2D eigenvalue weighted by Crippen LogP contribution is -2.23. The number of ether oxygens (including phenoxy) is 1. The molecule has 0 bridgehead atoms. The minimum absolute atomic E-state index is 0.0153. The highest BCUT2D eigenvalue weighted by Crippen LogP contribution is 2.45. The van der Waals surface area contributed by atoms with Gasteiger partial charge in [0.2, 0.25) is 5.91 Å². The molecule has 6 nitrogen and oxygen atoms in total. The number of H-pyrrole nitrogens is 1. The molecule has 4 rings (SSSR count). The van der Waals surface area contributed by atoms with Gasteiger partial charge < -0.3 is 15.2 Å². The van der Waals surface area contributed by atoms with Gasteiger partial charge >= 0.3 is 0 Å². The van der Waals surface area contributed by atoms with E-state index in [9.17, 15) is 9.90 Å². The van der Waals surface area contributed by atoms with Gasteiger partial charge in [0.1, 0.15) is 0 Å². The number of aromatic hydroxyl groups is 1. The van der Waals surface area contributed by atoms with E-state index in [1.54, 1.807) is 29.7 Å². The molecule has 1 atom stereocenters. The third kappa shape index (κ3) is 2.43. The fourth-order valence-corrected chi connectivity index (χ4v) is 4.07. The highest BCUT2D eigenvalue weighted by atomic mass is 32.1. The Morgan fingerprint density at radius 2 is 2.21 bits per heavy atom. The van der Waals surface area contributed by atoms with Crippen molar-refractivity contribution in [3.8, 4) is 22.1 Å². The lowest BCUT2D eigenvalue weighted by molar-refractivity contribution is -0.116. The van der Waals surface area contributed by atoms with E-state index in [0.717, 1.165) is 21.0 Å². The lowest BCUT2D eigenvalue weighted by Gasteiger charge is -2.25. The maximum Gasteiger partial charge on any atom is 0.225 e. The van der Waals surface area contributed by atoms with E-state index in [1.165, 1.54) is 7.11 Å². The largest absolute Gasteiger partial charge is 0.504 e. The molecule has 7 heteroatoms. The van der Waals surface area contributed by atoms with E-state index in [4.69, 9.17) is 4.74 Å². The molecule has 0 aliphatic carbocycles. The molecular weight excluding hydrogens is 326 g/mol. The Kier molecular flexibility index (Phi) is 3.50. The molecule has 24 heavy (non-hydrogen) atoms. The number of nitrogens with one attached hydrogen (secondary N) is 2.